The minimum atomic E-state index is -1.60. The summed E-state index contributed by atoms with van der Waals surface area (Å²) in [6.07, 6.45) is -3.59. The van der Waals surface area contributed by atoms with Crippen molar-refractivity contribution in [2.75, 3.05) is 33.9 Å². The number of Topliss-reactive ketones (excluding diaryl/α,β-unsaturated/α-hetero) is 1. The second-order valence-corrected chi connectivity index (χ2v) is 16.1. The molecule has 1 aromatic carbocycles. The predicted octanol–water partition coefficient (Wildman–Crippen LogP) is 4.37. The molecule has 51 heavy (non-hydrogen) atoms. The van der Waals surface area contributed by atoms with Gasteiger partial charge in [-0.1, -0.05) is 57.7 Å². The van der Waals surface area contributed by atoms with E-state index >= 15 is 0 Å². The fourth-order valence-electron chi connectivity index (χ4n) is 8.37. The van der Waals surface area contributed by atoms with Gasteiger partial charge in [0.2, 0.25) is 0 Å². The van der Waals surface area contributed by atoms with E-state index in [0.29, 0.717) is 37.9 Å². The van der Waals surface area contributed by atoms with E-state index in [9.17, 15) is 19.8 Å². The first-order valence-corrected chi connectivity index (χ1v) is 18.7. The maximum absolute atomic E-state index is 14.4. The number of fused-ring (bicyclic) bond motifs is 15. The molecule has 4 aliphatic heterocycles. The molecule has 288 valence electrons. The van der Waals surface area contributed by atoms with Crippen molar-refractivity contribution in [2.24, 2.45) is 17.8 Å². The second kappa shape index (κ2) is 17.3. The lowest BCUT2D eigenvalue weighted by molar-refractivity contribution is -0.297. The molecule has 4 heterocycles. The van der Waals surface area contributed by atoms with E-state index in [2.05, 4.69) is 30.5 Å². The first kappa shape index (κ1) is 41.5. The summed E-state index contributed by atoms with van der Waals surface area (Å²) in [7, 11) is 3.82. The molecule has 0 radical (unpaired) electrons. The van der Waals surface area contributed by atoms with Gasteiger partial charge in [0.25, 0.3) is 0 Å². The van der Waals surface area contributed by atoms with Crippen LogP contribution in [0, 0.1) is 17.8 Å². The van der Waals surface area contributed by atoms with E-state index < -0.39 is 65.5 Å². The van der Waals surface area contributed by atoms with Crippen LogP contribution >= 0.6 is 0 Å². The highest BCUT2D eigenvalue weighted by Crippen LogP contribution is 2.39. The Hall–Kier alpha value is -2.22. The highest BCUT2D eigenvalue weighted by Gasteiger charge is 2.51. The average Bonchev–Trinajstić information content (AvgIpc) is 3.07. The summed E-state index contributed by atoms with van der Waals surface area (Å²) in [6.45, 7) is 20.4. The van der Waals surface area contributed by atoms with Crippen molar-refractivity contribution in [1.29, 1.82) is 0 Å². The smallest absolute Gasteiger partial charge is 0.316 e. The van der Waals surface area contributed by atoms with Crippen LogP contribution in [0.15, 0.2) is 42.5 Å². The van der Waals surface area contributed by atoms with Gasteiger partial charge in [0, 0.05) is 31.1 Å². The number of rotatable bonds is 6. The molecular weight excluding hydrogens is 652 g/mol. The lowest BCUT2D eigenvalue weighted by Crippen LogP contribution is -2.60. The van der Waals surface area contributed by atoms with E-state index in [-0.39, 0.29) is 37.3 Å². The van der Waals surface area contributed by atoms with E-state index in [1.165, 1.54) is 6.92 Å². The molecule has 4 saturated heterocycles. The maximum atomic E-state index is 14.4. The van der Waals surface area contributed by atoms with Crippen LogP contribution in [-0.2, 0) is 39.8 Å². The Kier molecular flexibility index (Phi) is 14.1. The van der Waals surface area contributed by atoms with Crippen LogP contribution in [0.5, 0.6) is 0 Å². The SMILES string of the molecule is C=C1CO[C@@H]2[C@@H](C)CN(Cc3ccccc3)[C@H](C)C[C@@](C)(OC1)[C@H](O[C@@H]1O[C@H](C)C[C@H](N(C)C)[C@H]1O)[C@@H](C)C(=O)[C@@H](C)C(=O)O[C@H](CC)[C@@]2(C)O. The summed E-state index contributed by atoms with van der Waals surface area (Å²) >= 11 is 0. The average molecular weight is 717 g/mol. The van der Waals surface area contributed by atoms with Gasteiger partial charge in [0.15, 0.2) is 12.1 Å². The zero-order valence-electron chi connectivity index (χ0n) is 32.5. The van der Waals surface area contributed by atoms with Gasteiger partial charge in [-0.3, -0.25) is 14.5 Å². The summed E-state index contributed by atoms with van der Waals surface area (Å²) in [6, 6.07) is 9.83. The zero-order chi connectivity index (χ0) is 37.8. The summed E-state index contributed by atoms with van der Waals surface area (Å²) in [5.41, 5.74) is -0.966. The molecular formula is C40H64N2O9. The van der Waals surface area contributed by atoms with Gasteiger partial charge >= 0.3 is 5.97 Å². The second-order valence-electron chi connectivity index (χ2n) is 16.1. The van der Waals surface area contributed by atoms with Gasteiger partial charge in [0.1, 0.15) is 23.7 Å². The first-order valence-electron chi connectivity index (χ1n) is 18.7. The van der Waals surface area contributed by atoms with Gasteiger partial charge in [-0.2, -0.15) is 0 Å². The number of aliphatic hydroxyl groups excluding tert-OH is 1. The Bertz CT molecular complexity index is 1320. The van der Waals surface area contributed by atoms with E-state index in [4.69, 9.17) is 23.7 Å². The third kappa shape index (κ3) is 9.67. The van der Waals surface area contributed by atoms with Gasteiger partial charge in [0.05, 0.1) is 37.1 Å². The third-order valence-corrected chi connectivity index (χ3v) is 11.4. The molecule has 13 atom stereocenters. The molecule has 0 aliphatic carbocycles. The van der Waals surface area contributed by atoms with Gasteiger partial charge in [-0.15, -0.1) is 0 Å². The number of esters is 1. The van der Waals surface area contributed by atoms with Gasteiger partial charge < -0.3 is 38.8 Å². The van der Waals surface area contributed by atoms with Crippen LogP contribution in [0.25, 0.3) is 0 Å². The van der Waals surface area contributed by atoms with Crippen LogP contribution in [-0.4, -0.2) is 126 Å². The molecule has 0 aromatic heterocycles. The van der Waals surface area contributed by atoms with Crippen LogP contribution in [0.4, 0.5) is 0 Å². The number of hydrogen-bond donors (Lipinski definition) is 2. The predicted molar refractivity (Wildman–Crippen MR) is 195 cm³/mol. The number of benzene rings is 1. The molecule has 4 fully saturated rings. The lowest BCUT2D eigenvalue weighted by atomic mass is 9.79. The number of nitrogens with zero attached hydrogens (tertiary/aromatic N) is 2. The van der Waals surface area contributed by atoms with Crippen molar-refractivity contribution < 1.29 is 43.5 Å². The molecule has 4 aliphatic rings. The standard InChI is InChI=1S/C40H64N2O9/c1-12-32-40(9,46)35-25(3)20-42(21-30-16-14-13-15-17-30)26(4)19-39(8,48-23-24(2)22-47-35)36(28(6)33(43)29(7)37(45)50-32)51-38-34(44)31(41(10)11)18-27(5)49-38/h13-17,25-29,31-32,34-36,38,44,46H,2,12,18-23H2,1,3-11H3/t25-,26+,27+,28-,29+,31-,32+,34+,35+,36+,38-,39+,40+/m0/s1. The Balaban J connectivity index is 1.90. The number of hydrogen-bond acceptors (Lipinski definition) is 11. The molecule has 0 saturated carbocycles. The zero-order valence-corrected chi connectivity index (χ0v) is 32.5. The van der Waals surface area contributed by atoms with Gasteiger partial charge in [-0.25, -0.2) is 0 Å². The summed E-state index contributed by atoms with van der Waals surface area (Å²) < 4.78 is 32.4. The van der Waals surface area contributed by atoms with Crippen LogP contribution in [0.3, 0.4) is 0 Å². The van der Waals surface area contributed by atoms with Crippen molar-refractivity contribution >= 4 is 11.8 Å². The molecule has 0 spiro atoms. The molecule has 5 rings (SSSR count). The van der Waals surface area contributed by atoms with Crippen molar-refractivity contribution in [3.63, 3.8) is 0 Å². The molecule has 0 amide bonds. The van der Waals surface area contributed by atoms with E-state index in [0.717, 1.165) is 5.56 Å². The summed E-state index contributed by atoms with van der Waals surface area (Å²) in [5.74, 6) is -3.39. The quantitative estimate of drug-likeness (QED) is 0.248. The minimum Gasteiger partial charge on any atom is -0.459 e. The summed E-state index contributed by atoms with van der Waals surface area (Å²) in [4.78, 5) is 32.5. The van der Waals surface area contributed by atoms with Crippen LogP contribution < -0.4 is 0 Å². The number of likely N-dealkylation sites (N-methyl/N-ethyl adjacent to an activating group) is 1. The number of carbonyl (C=O) groups is 2. The summed E-state index contributed by atoms with van der Waals surface area (Å²) in [5, 5.41) is 23.8. The van der Waals surface area contributed by atoms with Crippen LogP contribution in [0.2, 0.25) is 0 Å². The van der Waals surface area contributed by atoms with E-state index in [1.807, 2.05) is 64.9 Å². The lowest BCUT2D eigenvalue weighted by Gasteiger charge is -2.48. The van der Waals surface area contributed by atoms with Crippen molar-refractivity contribution in [3.8, 4) is 0 Å². The number of carbonyl (C=O) groups excluding carboxylic acids is 2. The van der Waals surface area contributed by atoms with Crippen molar-refractivity contribution in [3.05, 3.63) is 48.0 Å². The van der Waals surface area contributed by atoms with Gasteiger partial charge in [-0.05, 0) is 85.0 Å². The first-order chi connectivity index (χ1) is 23.9. The largest absolute Gasteiger partial charge is 0.459 e. The van der Waals surface area contributed by atoms with Crippen LogP contribution in [0.1, 0.15) is 80.2 Å². The maximum Gasteiger partial charge on any atom is 0.316 e. The highest BCUT2D eigenvalue weighted by molar-refractivity contribution is 6.00. The molecule has 11 nitrogen and oxygen atoms in total. The highest BCUT2D eigenvalue weighted by atomic mass is 16.7. The Morgan fingerprint density at radius 3 is 2.35 bits per heavy atom. The normalized spacial score (nSPS) is 41.3. The minimum absolute atomic E-state index is 0.0961. The monoisotopic (exact) mass is 716 g/mol. The fraction of sp³-hybridized carbons (Fsp3) is 0.750. The van der Waals surface area contributed by atoms with Crippen molar-refractivity contribution in [2.45, 2.75) is 141 Å². The Morgan fingerprint density at radius 1 is 1.06 bits per heavy atom. The molecule has 1 aromatic rings. The van der Waals surface area contributed by atoms with E-state index in [1.54, 1.807) is 13.8 Å². The number of aliphatic hydroxyl groups is 2. The Labute approximate surface area is 305 Å². The molecule has 2 N–H and O–H groups in total. The Morgan fingerprint density at radius 2 is 1.73 bits per heavy atom. The molecule has 0 unspecified atom stereocenters. The number of ketones is 1. The number of ether oxygens (including phenoxy) is 5. The molecule has 2 bridgehead atoms. The fourth-order valence-corrected chi connectivity index (χ4v) is 8.37. The third-order valence-electron chi connectivity index (χ3n) is 11.4. The molecule has 11 heteroatoms. The topological polar surface area (TPSA) is 127 Å². The van der Waals surface area contributed by atoms with Crippen molar-refractivity contribution in [1.82, 2.24) is 9.80 Å².